The van der Waals surface area contributed by atoms with Gasteiger partial charge in [-0.15, -0.1) is 0 Å². The largest absolute Gasteiger partial charge is 0.339 e. The molecule has 1 N–H and O–H groups in total. The minimum absolute atomic E-state index is 0.185. The summed E-state index contributed by atoms with van der Waals surface area (Å²) < 4.78 is 0. The van der Waals surface area contributed by atoms with Gasteiger partial charge in [-0.1, -0.05) is 111 Å². The van der Waals surface area contributed by atoms with Crippen molar-refractivity contribution in [2.24, 2.45) is 5.92 Å². The van der Waals surface area contributed by atoms with Crippen LogP contribution in [0.15, 0.2) is 90.0 Å². The fourth-order valence-corrected chi connectivity index (χ4v) is 4.54. The Morgan fingerprint density at radius 3 is 2.19 bits per heavy atom. The van der Waals surface area contributed by atoms with Gasteiger partial charge in [-0.3, -0.25) is 9.69 Å². The summed E-state index contributed by atoms with van der Waals surface area (Å²) in [6.07, 6.45) is 10.1. The Labute approximate surface area is 224 Å². The van der Waals surface area contributed by atoms with Gasteiger partial charge in [0.2, 0.25) is 5.91 Å². The molecule has 1 atom stereocenters. The van der Waals surface area contributed by atoms with Gasteiger partial charge in [0.05, 0.1) is 12.6 Å². The predicted octanol–water partition coefficient (Wildman–Crippen LogP) is 6.47. The van der Waals surface area contributed by atoms with Crippen LogP contribution >= 0.6 is 0 Å². The summed E-state index contributed by atoms with van der Waals surface area (Å²) in [7, 11) is 0. The number of piperazine rings is 1. The van der Waals surface area contributed by atoms with Gasteiger partial charge < -0.3 is 10.2 Å². The molecule has 1 saturated heterocycles. The molecular weight excluding hydrogens is 454 g/mol. The first-order valence-electron chi connectivity index (χ1n) is 13.7. The molecule has 0 radical (unpaired) electrons. The van der Waals surface area contributed by atoms with Gasteiger partial charge in [0.15, 0.2) is 0 Å². The third kappa shape index (κ3) is 9.46. The van der Waals surface area contributed by atoms with E-state index < -0.39 is 0 Å². The van der Waals surface area contributed by atoms with E-state index >= 15 is 0 Å². The molecule has 37 heavy (non-hydrogen) atoms. The van der Waals surface area contributed by atoms with Crippen LogP contribution in [0.3, 0.4) is 0 Å². The van der Waals surface area contributed by atoms with Gasteiger partial charge >= 0.3 is 0 Å². The van der Waals surface area contributed by atoms with Crippen molar-refractivity contribution in [3.63, 3.8) is 0 Å². The van der Waals surface area contributed by atoms with E-state index in [-0.39, 0.29) is 11.9 Å². The Balaban J connectivity index is 0.000000886. The minimum atomic E-state index is 0.185. The molecule has 4 heteroatoms. The molecule has 1 fully saturated rings. The Morgan fingerprint density at radius 2 is 1.54 bits per heavy atom. The smallest absolute Gasteiger partial charge is 0.236 e. The van der Waals surface area contributed by atoms with Gasteiger partial charge in [-0.05, 0) is 42.9 Å². The Kier molecular flexibility index (Phi) is 11.4. The topological polar surface area (TPSA) is 35.6 Å². The Morgan fingerprint density at radius 1 is 0.892 bits per heavy atom. The highest BCUT2D eigenvalue weighted by Gasteiger charge is 2.28. The zero-order valence-electron chi connectivity index (χ0n) is 23.4. The maximum Gasteiger partial charge on any atom is 0.236 e. The van der Waals surface area contributed by atoms with Crippen LogP contribution in [-0.4, -0.2) is 48.4 Å². The molecule has 0 saturated carbocycles. The number of nitrogens with zero attached hydrogens (tertiary/aromatic N) is 2. The SMILES string of the molecule is CC(C)C.CC1=CC=C(C(c2ccc(C)cc2)N2CCN(C(=O)CNCc3ccccc3)CC2)C=CC1. The van der Waals surface area contributed by atoms with Crippen LogP contribution in [0.1, 0.15) is 56.8 Å². The minimum Gasteiger partial charge on any atom is -0.339 e. The molecule has 2 aromatic carbocycles. The molecule has 1 amide bonds. The van der Waals surface area contributed by atoms with E-state index in [1.165, 1.54) is 27.8 Å². The van der Waals surface area contributed by atoms with Gasteiger partial charge in [0.1, 0.15) is 0 Å². The average molecular weight is 500 g/mol. The normalized spacial score (nSPS) is 16.9. The van der Waals surface area contributed by atoms with E-state index in [1.807, 2.05) is 23.1 Å². The fraction of sp³-hybridized carbons (Fsp3) is 0.424. The number of carbonyl (C=O) groups excluding carboxylic acids is 1. The lowest BCUT2D eigenvalue weighted by atomic mass is 9.94. The first-order valence-corrected chi connectivity index (χ1v) is 13.7. The summed E-state index contributed by atoms with van der Waals surface area (Å²) in [6, 6.07) is 19.3. The zero-order chi connectivity index (χ0) is 26.6. The lowest BCUT2D eigenvalue weighted by molar-refractivity contribution is -0.132. The molecule has 4 nitrogen and oxygen atoms in total. The monoisotopic (exact) mass is 499 g/mol. The highest BCUT2D eigenvalue weighted by molar-refractivity contribution is 5.78. The van der Waals surface area contributed by atoms with Crippen LogP contribution in [-0.2, 0) is 11.3 Å². The summed E-state index contributed by atoms with van der Waals surface area (Å²) >= 11 is 0. The quantitative estimate of drug-likeness (QED) is 0.475. The van der Waals surface area contributed by atoms with Crippen molar-refractivity contribution in [2.75, 3.05) is 32.7 Å². The number of nitrogens with one attached hydrogen (secondary N) is 1. The number of rotatable bonds is 7. The predicted molar refractivity (Wildman–Crippen MR) is 156 cm³/mol. The molecule has 1 unspecified atom stereocenters. The van der Waals surface area contributed by atoms with E-state index in [4.69, 9.17) is 0 Å². The van der Waals surface area contributed by atoms with E-state index in [0.717, 1.165) is 45.1 Å². The third-order valence-corrected chi connectivity index (χ3v) is 6.50. The first-order chi connectivity index (χ1) is 17.8. The molecule has 4 rings (SSSR count). The lowest BCUT2D eigenvalue weighted by Crippen LogP contribution is -2.51. The molecular formula is C33H45N3O. The molecule has 198 valence electrons. The number of carbonyl (C=O) groups is 1. The number of hydrogen-bond donors (Lipinski definition) is 1. The summed E-state index contributed by atoms with van der Waals surface area (Å²) in [4.78, 5) is 17.3. The van der Waals surface area contributed by atoms with Crippen LogP contribution < -0.4 is 5.32 Å². The van der Waals surface area contributed by atoms with Crippen molar-refractivity contribution in [2.45, 2.75) is 53.6 Å². The molecule has 0 aromatic heterocycles. The highest BCUT2D eigenvalue weighted by Crippen LogP contribution is 2.32. The molecule has 2 aliphatic rings. The number of hydrogen-bond acceptors (Lipinski definition) is 3. The number of allylic oxidation sites excluding steroid dienone is 4. The zero-order valence-corrected chi connectivity index (χ0v) is 23.4. The Hall–Kier alpha value is -2.95. The van der Waals surface area contributed by atoms with Crippen LogP contribution in [0.4, 0.5) is 0 Å². The lowest BCUT2D eigenvalue weighted by Gasteiger charge is -2.40. The van der Waals surface area contributed by atoms with Crippen LogP contribution in [0.5, 0.6) is 0 Å². The molecule has 0 bridgehead atoms. The maximum atomic E-state index is 12.8. The van der Waals surface area contributed by atoms with Crippen LogP contribution in [0, 0.1) is 12.8 Å². The number of aryl methyl sites for hydroxylation is 1. The van der Waals surface area contributed by atoms with Gasteiger partial charge in [0.25, 0.3) is 0 Å². The molecule has 2 aromatic rings. The second-order valence-corrected chi connectivity index (χ2v) is 10.8. The molecule has 1 heterocycles. The van der Waals surface area contributed by atoms with Crippen molar-refractivity contribution >= 4 is 5.91 Å². The fourth-order valence-electron chi connectivity index (χ4n) is 4.54. The van der Waals surface area contributed by atoms with Crippen molar-refractivity contribution in [3.05, 3.63) is 107 Å². The number of benzene rings is 2. The molecule has 1 aliphatic carbocycles. The third-order valence-electron chi connectivity index (χ3n) is 6.50. The Bertz CT molecular complexity index is 1060. The van der Waals surface area contributed by atoms with Crippen molar-refractivity contribution in [1.82, 2.24) is 15.1 Å². The van der Waals surface area contributed by atoms with Crippen molar-refractivity contribution < 1.29 is 4.79 Å². The first kappa shape index (κ1) is 28.6. The maximum absolute atomic E-state index is 12.8. The average Bonchev–Trinajstić information content (AvgIpc) is 3.10. The van der Waals surface area contributed by atoms with E-state index in [2.05, 4.69) is 106 Å². The van der Waals surface area contributed by atoms with Gasteiger partial charge in [0, 0.05) is 32.7 Å². The summed E-state index contributed by atoms with van der Waals surface area (Å²) in [5, 5.41) is 3.30. The molecule has 0 spiro atoms. The summed E-state index contributed by atoms with van der Waals surface area (Å²) in [6.45, 7) is 15.2. The summed E-state index contributed by atoms with van der Waals surface area (Å²) in [5.74, 6) is 1.02. The van der Waals surface area contributed by atoms with Crippen molar-refractivity contribution in [1.29, 1.82) is 0 Å². The van der Waals surface area contributed by atoms with Crippen LogP contribution in [0.2, 0.25) is 0 Å². The number of amides is 1. The van der Waals surface area contributed by atoms with Gasteiger partial charge in [-0.25, -0.2) is 0 Å². The second-order valence-electron chi connectivity index (χ2n) is 10.8. The second kappa shape index (κ2) is 14.7. The standard InChI is InChI=1S/C29H35N3O.C4H10/c1-23-7-6-10-26(14-11-23)29(27-15-12-24(2)13-16-27)32-19-17-31(18-20-32)28(33)22-30-21-25-8-4-3-5-9-25;1-4(2)3/h3-6,8-16,29-30H,7,17-22H2,1-2H3;4H,1-3H3. The van der Waals surface area contributed by atoms with E-state index in [9.17, 15) is 4.79 Å². The van der Waals surface area contributed by atoms with E-state index in [0.29, 0.717) is 6.54 Å². The van der Waals surface area contributed by atoms with E-state index in [1.54, 1.807) is 0 Å². The van der Waals surface area contributed by atoms with Crippen molar-refractivity contribution in [3.8, 4) is 0 Å². The highest BCUT2D eigenvalue weighted by atomic mass is 16.2. The summed E-state index contributed by atoms with van der Waals surface area (Å²) in [5.41, 5.74) is 6.48. The van der Waals surface area contributed by atoms with Crippen LogP contribution in [0.25, 0.3) is 0 Å². The van der Waals surface area contributed by atoms with Gasteiger partial charge in [-0.2, -0.15) is 0 Å². The molecule has 1 aliphatic heterocycles.